The van der Waals surface area contributed by atoms with Gasteiger partial charge in [0, 0.05) is 66.2 Å². The van der Waals surface area contributed by atoms with Crippen LogP contribution in [0.15, 0.2) is 66.7 Å². The first-order valence-electron chi connectivity index (χ1n) is 15.5. The zero-order valence-corrected chi connectivity index (χ0v) is 28.1. The molecule has 5 rings (SSSR count). The summed E-state index contributed by atoms with van der Waals surface area (Å²) in [7, 11) is 3.14. The Bertz CT molecular complexity index is 1820. The van der Waals surface area contributed by atoms with Crippen molar-refractivity contribution in [3.8, 4) is 5.75 Å². The molecule has 9 nitrogen and oxygen atoms in total. The molecule has 0 aliphatic carbocycles. The van der Waals surface area contributed by atoms with Crippen molar-refractivity contribution in [1.29, 1.82) is 0 Å². The maximum Gasteiger partial charge on any atom is 0.251 e. The molecular formula is C36H37Cl2N5O4. The Kier molecular flexibility index (Phi) is 11.0. The van der Waals surface area contributed by atoms with Crippen molar-refractivity contribution in [2.75, 3.05) is 43.5 Å². The molecule has 47 heavy (non-hydrogen) atoms. The van der Waals surface area contributed by atoms with Crippen LogP contribution in [0.4, 0.5) is 11.4 Å². The van der Waals surface area contributed by atoms with E-state index in [9.17, 15) is 14.4 Å². The zero-order valence-electron chi connectivity index (χ0n) is 26.6. The van der Waals surface area contributed by atoms with E-state index in [1.165, 1.54) is 30.2 Å². The molecule has 0 saturated carbocycles. The van der Waals surface area contributed by atoms with Gasteiger partial charge >= 0.3 is 0 Å². The number of carbonyl (C=O) groups excluding carboxylic acids is 3. The number of aromatic nitrogens is 1. The van der Waals surface area contributed by atoms with Crippen molar-refractivity contribution in [3.05, 3.63) is 99.2 Å². The van der Waals surface area contributed by atoms with Crippen molar-refractivity contribution in [1.82, 2.24) is 15.6 Å². The highest BCUT2D eigenvalue weighted by Crippen LogP contribution is 2.37. The van der Waals surface area contributed by atoms with Gasteiger partial charge in [0.05, 0.1) is 17.3 Å². The summed E-state index contributed by atoms with van der Waals surface area (Å²) < 4.78 is 6.29. The molecule has 11 heteroatoms. The molecule has 3 aromatic carbocycles. The number of hydrogen-bond donors (Lipinski definition) is 2. The fourth-order valence-corrected chi connectivity index (χ4v) is 6.11. The monoisotopic (exact) mass is 673 g/mol. The summed E-state index contributed by atoms with van der Waals surface area (Å²) in [6.45, 7) is 3.84. The molecule has 1 aliphatic heterocycles. The van der Waals surface area contributed by atoms with Crippen molar-refractivity contribution >= 4 is 69.3 Å². The van der Waals surface area contributed by atoms with Gasteiger partial charge in [-0.1, -0.05) is 47.5 Å². The third-order valence-corrected chi connectivity index (χ3v) is 8.90. The van der Waals surface area contributed by atoms with E-state index in [2.05, 4.69) is 27.7 Å². The number of pyridine rings is 1. The molecule has 2 N–H and O–H groups in total. The number of aryl methyl sites for hydroxylation is 1. The Morgan fingerprint density at radius 2 is 1.77 bits per heavy atom. The summed E-state index contributed by atoms with van der Waals surface area (Å²) in [6, 6.07) is 18.1. The van der Waals surface area contributed by atoms with Crippen LogP contribution in [0.5, 0.6) is 5.75 Å². The molecule has 3 amide bonds. The van der Waals surface area contributed by atoms with Crippen LogP contribution < -0.4 is 25.2 Å². The number of carbonyl (C=O) groups is 3. The average Bonchev–Trinajstić information content (AvgIpc) is 3.09. The second kappa shape index (κ2) is 15.3. The summed E-state index contributed by atoms with van der Waals surface area (Å²) in [5, 5.41) is 6.87. The van der Waals surface area contributed by atoms with Gasteiger partial charge in [0.1, 0.15) is 17.9 Å². The van der Waals surface area contributed by atoms with Gasteiger partial charge in [-0.15, -0.1) is 0 Å². The van der Waals surface area contributed by atoms with Gasteiger partial charge < -0.3 is 25.2 Å². The van der Waals surface area contributed by atoms with Crippen LogP contribution in [0.3, 0.4) is 0 Å². The number of hydrogen-bond acceptors (Lipinski definition) is 6. The number of halogens is 2. The number of ether oxygens (including phenoxy) is 1. The van der Waals surface area contributed by atoms with Crippen LogP contribution in [0.25, 0.3) is 17.0 Å². The van der Waals surface area contributed by atoms with Gasteiger partial charge in [-0.2, -0.15) is 0 Å². The largest absolute Gasteiger partial charge is 0.487 e. The van der Waals surface area contributed by atoms with Crippen LogP contribution in [-0.4, -0.2) is 56.4 Å². The fraction of sp³-hybridized carbons (Fsp3) is 0.278. The van der Waals surface area contributed by atoms with E-state index in [-0.39, 0.29) is 30.0 Å². The van der Waals surface area contributed by atoms with Crippen LogP contribution in [0.1, 0.15) is 46.4 Å². The average molecular weight is 675 g/mol. The number of nitrogens with one attached hydrogen (secondary N) is 2. The molecular weight excluding hydrogens is 637 g/mol. The van der Waals surface area contributed by atoms with Crippen molar-refractivity contribution < 1.29 is 19.1 Å². The Morgan fingerprint density at radius 1 is 1.02 bits per heavy atom. The Balaban J connectivity index is 1.25. The van der Waals surface area contributed by atoms with E-state index < -0.39 is 5.91 Å². The van der Waals surface area contributed by atoms with Gasteiger partial charge in [-0.3, -0.25) is 14.4 Å². The minimum absolute atomic E-state index is 0.0624. The summed E-state index contributed by atoms with van der Waals surface area (Å²) >= 11 is 13.4. The number of rotatable bonds is 10. The number of anilines is 2. The second-order valence-electron chi connectivity index (χ2n) is 11.3. The van der Waals surface area contributed by atoms with Gasteiger partial charge in [-0.25, -0.2) is 4.98 Å². The molecule has 244 valence electrons. The number of amides is 3. The van der Waals surface area contributed by atoms with Gasteiger partial charge in [-0.05, 0) is 74.2 Å². The Morgan fingerprint density at radius 3 is 2.49 bits per heavy atom. The third kappa shape index (κ3) is 8.04. The number of nitrogens with zero attached hydrogens (tertiary/aromatic N) is 3. The molecule has 1 aromatic heterocycles. The summed E-state index contributed by atoms with van der Waals surface area (Å²) in [5.74, 6) is -0.401. The highest BCUT2D eigenvalue weighted by Gasteiger charge is 2.21. The van der Waals surface area contributed by atoms with E-state index in [0.717, 1.165) is 40.9 Å². The molecule has 2 heterocycles. The van der Waals surface area contributed by atoms with E-state index in [1.807, 2.05) is 19.1 Å². The van der Waals surface area contributed by atoms with Gasteiger partial charge in [0.2, 0.25) is 11.8 Å². The number of benzene rings is 3. The van der Waals surface area contributed by atoms with Crippen LogP contribution in [-0.2, 0) is 16.2 Å². The second-order valence-corrected chi connectivity index (χ2v) is 12.1. The highest BCUT2D eigenvalue weighted by atomic mass is 35.5. The standard InChI is InChI=1S/C36H37Cl2N5O4/c1-23-20-30(43-18-5-4-6-19-43)26-8-7-9-31(35(26)41-23)47-22-27-28(37)15-16-29(34(27)38)42(3)33(45)21-40-32(44)17-12-24-10-13-25(14-11-24)36(46)39-2/h7-17,20H,4-6,18-19,21-22H2,1-3H3,(H,39,46)(H,40,44). The SMILES string of the molecule is CNC(=O)c1ccc(C=CC(=O)NCC(=O)N(C)c2ccc(Cl)c(COc3cccc4c(N5CCCCC5)cc(C)nc34)c2Cl)cc1. The topological polar surface area (TPSA) is 104 Å². The first kappa shape index (κ1) is 33.8. The lowest BCUT2D eigenvalue weighted by atomic mass is 10.1. The molecule has 0 radical (unpaired) electrons. The first-order chi connectivity index (χ1) is 22.7. The van der Waals surface area contributed by atoms with Crippen molar-refractivity contribution in [2.45, 2.75) is 32.8 Å². The number of fused-ring (bicyclic) bond motifs is 1. The Labute approximate surface area is 284 Å². The quantitative estimate of drug-likeness (QED) is 0.185. The van der Waals surface area contributed by atoms with Crippen LogP contribution in [0, 0.1) is 6.92 Å². The predicted octanol–water partition coefficient (Wildman–Crippen LogP) is 6.57. The maximum absolute atomic E-state index is 13.0. The maximum atomic E-state index is 13.0. The van der Waals surface area contributed by atoms with Gasteiger partial charge in [0.15, 0.2) is 0 Å². The molecule has 0 atom stereocenters. The molecule has 0 bridgehead atoms. The molecule has 4 aromatic rings. The van der Waals surface area contributed by atoms with E-state index in [0.29, 0.717) is 27.6 Å². The molecule has 1 aliphatic rings. The number of likely N-dealkylation sites (N-methyl/N-ethyl adjacent to an activating group) is 1. The fourth-order valence-electron chi connectivity index (χ4n) is 5.50. The van der Waals surface area contributed by atoms with Crippen molar-refractivity contribution in [2.24, 2.45) is 0 Å². The third-order valence-electron chi connectivity index (χ3n) is 8.12. The molecule has 1 saturated heterocycles. The minimum Gasteiger partial charge on any atom is -0.487 e. The van der Waals surface area contributed by atoms with Crippen LogP contribution >= 0.6 is 23.2 Å². The normalized spacial score (nSPS) is 13.1. The first-order valence-corrected chi connectivity index (χ1v) is 16.2. The van der Waals surface area contributed by atoms with Crippen LogP contribution in [0.2, 0.25) is 10.0 Å². The summed E-state index contributed by atoms with van der Waals surface area (Å²) in [5.41, 5.74) is 5.05. The van der Waals surface area contributed by atoms with E-state index >= 15 is 0 Å². The predicted molar refractivity (Wildman–Crippen MR) is 189 cm³/mol. The molecule has 0 unspecified atom stereocenters. The van der Waals surface area contributed by atoms with E-state index in [4.69, 9.17) is 32.9 Å². The summed E-state index contributed by atoms with van der Waals surface area (Å²) in [4.78, 5) is 45.7. The number of piperidine rings is 1. The highest BCUT2D eigenvalue weighted by molar-refractivity contribution is 6.38. The van der Waals surface area contributed by atoms with Crippen molar-refractivity contribution in [3.63, 3.8) is 0 Å². The lowest BCUT2D eigenvalue weighted by Gasteiger charge is -2.30. The summed E-state index contributed by atoms with van der Waals surface area (Å²) in [6.07, 6.45) is 6.51. The smallest absolute Gasteiger partial charge is 0.251 e. The van der Waals surface area contributed by atoms with E-state index in [1.54, 1.807) is 56.6 Å². The number of para-hydroxylation sites is 1. The lowest BCUT2D eigenvalue weighted by Crippen LogP contribution is -2.37. The van der Waals surface area contributed by atoms with Gasteiger partial charge in [0.25, 0.3) is 5.91 Å². The minimum atomic E-state index is -0.444. The molecule has 0 spiro atoms. The zero-order chi connectivity index (χ0) is 33.5. The molecule has 1 fully saturated rings. The Hall–Kier alpha value is -4.60. The lowest BCUT2D eigenvalue weighted by molar-refractivity contribution is -0.122.